The van der Waals surface area contributed by atoms with Gasteiger partial charge in [0.1, 0.15) is 0 Å². The lowest BCUT2D eigenvalue weighted by atomic mass is 9.78. The molecule has 400 valence electrons. The molecule has 4 aromatic heterocycles. The minimum absolute atomic E-state index is 0.105. The van der Waals surface area contributed by atoms with Gasteiger partial charge in [-0.25, -0.2) is 9.97 Å². The highest BCUT2D eigenvalue weighted by Crippen LogP contribution is 2.47. The van der Waals surface area contributed by atoms with E-state index in [1.807, 2.05) is 0 Å². The Balaban J connectivity index is 1.37. The molecule has 0 saturated heterocycles. The van der Waals surface area contributed by atoms with Gasteiger partial charge in [-0.2, -0.15) is 0 Å². The number of H-pyrrole nitrogens is 2. The number of hydrogen-bond acceptors (Lipinski definition) is 2. The number of nitrogens with zero attached hydrogens (tertiary/aromatic N) is 3. The summed E-state index contributed by atoms with van der Waals surface area (Å²) in [6.45, 7) is 41.9. The molecular formula is C74H79N5. The number of para-hydroxylation sites is 2. The summed E-state index contributed by atoms with van der Waals surface area (Å²) in [6, 6.07) is 49.0. The second-order valence-electron chi connectivity index (χ2n) is 29.1. The maximum atomic E-state index is 5.99. The molecule has 5 aromatic carbocycles. The van der Waals surface area contributed by atoms with Crippen LogP contribution in [0.4, 0.5) is 0 Å². The molecule has 7 heterocycles. The normalized spacial score (nSPS) is 13.6. The van der Waals surface area contributed by atoms with Crippen LogP contribution in [-0.2, 0) is 32.5 Å². The van der Waals surface area contributed by atoms with Gasteiger partial charge in [0.05, 0.1) is 44.7 Å². The molecule has 12 rings (SSSR count). The van der Waals surface area contributed by atoms with Crippen LogP contribution in [0.25, 0.3) is 117 Å². The van der Waals surface area contributed by atoms with Crippen molar-refractivity contribution >= 4 is 72.4 Å². The van der Waals surface area contributed by atoms with E-state index in [0.717, 1.165) is 111 Å². The van der Waals surface area contributed by atoms with Crippen LogP contribution in [0.15, 0.2) is 127 Å². The van der Waals surface area contributed by atoms with Gasteiger partial charge in [0.2, 0.25) is 0 Å². The van der Waals surface area contributed by atoms with Gasteiger partial charge in [0.25, 0.3) is 0 Å². The molecule has 0 aliphatic carbocycles. The highest BCUT2D eigenvalue weighted by Gasteiger charge is 2.29. The van der Waals surface area contributed by atoms with Gasteiger partial charge < -0.3 is 14.4 Å². The van der Waals surface area contributed by atoms with E-state index in [1.165, 1.54) is 38.8 Å². The second-order valence-corrected chi connectivity index (χ2v) is 29.1. The standard InChI is InChI=1S/C74H79N5/c1-69(2,3)45-31-42(32-46(37-45)70(4,5)6)63-55-27-29-57(75-55)64(43-33-47(71(7,8)9)38-48(34-43)72(10,11)12)59-40-53-51-23-19-21-25-61(51)79-62-26-22-20-24-52(62)54-41-60(78-67(54)68(79)66(53)77-59)65(58-30-28-56(63)76-58)44-35-49(73(13,14)15)39-50(36-44)74(16,17)18/h19-41,75,78H,1-18H3. The third-order valence-corrected chi connectivity index (χ3v) is 16.9. The molecule has 0 amide bonds. The number of rotatable bonds is 3. The number of aromatic amines is 2. The highest BCUT2D eigenvalue weighted by molar-refractivity contribution is 6.21. The minimum Gasteiger partial charge on any atom is -0.354 e. The Morgan fingerprint density at radius 1 is 0.354 bits per heavy atom. The maximum Gasteiger partial charge on any atom is 0.0979 e. The SMILES string of the molecule is CC(C)(C)c1cc(-c2c3nc(c(-c4cc(C(C)(C)C)cc(C(C)(C)C)c4)c4cc5c6ccccc6n6c7ccccc7c7cc(nc-7c6c5[nH]4)c(-c4cc(C(C)(C)C)cc(C(C)(C)C)c4)c4ccc2[nH]4)C=C3)cc(C(C)(C)C)c1. The van der Waals surface area contributed by atoms with Crippen LogP contribution in [0.3, 0.4) is 0 Å². The Morgan fingerprint density at radius 3 is 1.20 bits per heavy atom. The zero-order valence-electron chi connectivity index (χ0n) is 50.1. The van der Waals surface area contributed by atoms with E-state index in [-0.39, 0.29) is 32.5 Å². The number of nitrogens with one attached hydrogen (secondary N) is 2. The van der Waals surface area contributed by atoms with E-state index in [4.69, 9.17) is 9.97 Å². The molecule has 5 nitrogen and oxygen atoms in total. The van der Waals surface area contributed by atoms with Gasteiger partial charge in [0.15, 0.2) is 0 Å². The summed E-state index contributed by atoms with van der Waals surface area (Å²) in [6.07, 6.45) is 4.53. The summed E-state index contributed by atoms with van der Waals surface area (Å²) >= 11 is 0. The van der Waals surface area contributed by atoms with Crippen molar-refractivity contribution in [2.45, 2.75) is 157 Å². The molecule has 5 heteroatoms. The van der Waals surface area contributed by atoms with Crippen LogP contribution in [0, 0.1) is 0 Å². The molecule has 79 heavy (non-hydrogen) atoms. The van der Waals surface area contributed by atoms with Gasteiger partial charge in [-0.15, -0.1) is 0 Å². The fraction of sp³-hybridized carbons (Fsp3) is 0.324. The molecular weight excluding hydrogens is 959 g/mol. The number of benzene rings is 5. The second kappa shape index (κ2) is 17.5. The Labute approximate surface area is 468 Å². The van der Waals surface area contributed by atoms with Crippen molar-refractivity contribution in [3.63, 3.8) is 0 Å². The number of aromatic nitrogens is 5. The largest absolute Gasteiger partial charge is 0.354 e. The van der Waals surface area contributed by atoms with Crippen LogP contribution in [0.2, 0.25) is 0 Å². The minimum atomic E-state index is -0.107. The van der Waals surface area contributed by atoms with Crippen LogP contribution >= 0.6 is 0 Å². The topological polar surface area (TPSA) is 61.8 Å². The van der Waals surface area contributed by atoms with Gasteiger partial charge >= 0.3 is 0 Å². The van der Waals surface area contributed by atoms with Gasteiger partial charge in [-0.05, 0) is 131 Å². The predicted octanol–water partition coefficient (Wildman–Crippen LogP) is 20.7. The number of pyridine rings is 2. The monoisotopic (exact) mass is 1040 g/mol. The summed E-state index contributed by atoms with van der Waals surface area (Å²) in [4.78, 5) is 20.3. The molecule has 0 atom stereocenters. The van der Waals surface area contributed by atoms with E-state index in [2.05, 4.69) is 279 Å². The quantitative estimate of drug-likeness (QED) is 0.173. The zero-order valence-corrected chi connectivity index (χ0v) is 50.1. The van der Waals surface area contributed by atoms with Crippen molar-refractivity contribution in [1.29, 1.82) is 0 Å². The van der Waals surface area contributed by atoms with Crippen molar-refractivity contribution in [3.8, 4) is 44.6 Å². The fourth-order valence-corrected chi connectivity index (χ4v) is 12.0. The summed E-state index contributed by atoms with van der Waals surface area (Å²) in [5.41, 5.74) is 25.9. The van der Waals surface area contributed by atoms with E-state index in [9.17, 15) is 0 Å². The highest BCUT2D eigenvalue weighted by atomic mass is 14.9. The summed E-state index contributed by atoms with van der Waals surface area (Å²) < 4.78 is 2.47. The first-order valence-corrected chi connectivity index (χ1v) is 28.6. The van der Waals surface area contributed by atoms with E-state index < -0.39 is 0 Å². The first-order chi connectivity index (χ1) is 36.9. The first-order valence-electron chi connectivity index (χ1n) is 28.6. The molecule has 0 saturated carbocycles. The van der Waals surface area contributed by atoms with Crippen molar-refractivity contribution < 1.29 is 0 Å². The fourth-order valence-electron chi connectivity index (χ4n) is 12.0. The summed E-state index contributed by atoms with van der Waals surface area (Å²) in [7, 11) is 0. The third-order valence-electron chi connectivity index (χ3n) is 16.9. The van der Waals surface area contributed by atoms with Crippen LogP contribution in [-0.4, -0.2) is 24.3 Å². The lowest BCUT2D eigenvalue weighted by Crippen LogP contribution is -2.16. The van der Waals surface area contributed by atoms with Gasteiger partial charge in [-0.3, -0.25) is 0 Å². The van der Waals surface area contributed by atoms with Crippen molar-refractivity contribution in [2.24, 2.45) is 0 Å². The van der Waals surface area contributed by atoms with Crippen LogP contribution < -0.4 is 0 Å². The predicted molar refractivity (Wildman–Crippen MR) is 341 cm³/mol. The summed E-state index contributed by atoms with van der Waals surface area (Å²) in [5.74, 6) is 0. The van der Waals surface area contributed by atoms with Crippen LogP contribution in [0.1, 0.15) is 169 Å². The number of fused-ring (bicyclic) bond motifs is 12. The van der Waals surface area contributed by atoms with Gasteiger partial charge in [0, 0.05) is 55.0 Å². The zero-order chi connectivity index (χ0) is 56.3. The van der Waals surface area contributed by atoms with Crippen molar-refractivity contribution in [2.75, 3.05) is 0 Å². The molecule has 8 bridgehead atoms. The molecule has 3 aliphatic heterocycles. The Kier molecular flexibility index (Phi) is 11.6. The Bertz CT molecular complexity index is 4310. The molecule has 0 spiro atoms. The number of hydrogen-bond donors (Lipinski definition) is 2. The molecule has 0 unspecified atom stereocenters. The lowest BCUT2D eigenvalue weighted by molar-refractivity contribution is 0.568. The smallest absolute Gasteiger partial charge is 0.0979 e. The Morgan fingerprint density at radius 2 is 0.747 bits per heavy atom. The maximum absolute atomic E-state index is 5.99. The first kappa shape index (κ1) is 52.2. The van der Waals surface area contributed by atoms with E-state index in [1.54, 1.807) is 0 Å². The average molecular weight is 1040 g/mol. The molecule has 9 aromatic rings. The van der Waals surface area contributed by atoms with E-state index in [0.29, 0.717) is 0 Å². The molecule has 3 aliphatic rings. The van der Waals surface area contributed by atoms with Gasteiger partial charge in [-0.1, -0.05) is 216 Å². The average Bonchev–Trinajstić information content (AvgIpc) is 4.44. The summed E-state index contributed by atoms with van der Waals surface area (Å²) in [5, 5.41) is 3.48. The van der Waals surface area contributed by atoms with Crippen molar-refractivity contribution in [1.82, 2.24) is 24.3 Å². The third kappa shape index (κ3) is 8.93. The van der Waals surface area contributed by atoms with Crippen LogP contribution in [0.5, 0.6) is 0 Å². The molecule has 2 N–H and O–H groups in total. The molecule has 0 radical (unpaired) electrons. The Hall–Kier alpha value is -7.50. The van der Waals surface area contributed by atoms with Crippen molar-refractivity contribution in [3.05, 3.63) is 172 Å². The van der Waals surface area contributed by atoms with E-state index >= 15 is 0 Å². The lowest BCUT2D eigenvalue weighted by Gasteiger charge is -2.26. The molecule has 0 fully saturated rings.